The van der Waals surface area contributed by atoms with Gasteiger partial charge in [0.15, 0.2) is 5.76 Å². The van der Waals surface area contributed by atoms with Gasteiger partial charge in [0.25, 0.3) is 5.91 Å². The smallest absolute Gasteiger partial charge is 0.289 e. The molecular weight excluding hydrogens is 426 g/mol. The fourth-order valence-corrected chi connectivity index (χ4v) is 6.02. The molecule has 1 amide bonds. The molecule has 1 N–H and O–H groups in total. The number of rotatable bonds is 5. The molecule has 1 aromatic heterocycles. The highest BCUT2D eigenvalue weighted by Gasteiger charge is 2.40. The molecule has 2 aliphatic rings. The number of nitrogens with one attached hydrogen (secondary N) is 1. The van der Waals surface area contributed by atoms with Gasteiger partial charge in [0.2, 0.25) is 10.0 Å². The van der Waals surface area contributed by atoms with Crippen LogP contribution >= 0.6 is 0 Å². The molecule has 0 spiro atoms. The summed E-state index contributed by atoms with van der Waals surface area (Å²) in [6, 6.07) is 19.6. The van der Waals surface area contributed by atoms with Crippen molar-refractivity contribution in [2.24, 2.45) is 0 Å². The minimum absolute atomic E-state index is 0.0782. The Bertz CT molecular complexity index is 1190. The number of furan rings is 1. The third-order valence-electron chi connectivity index (χ3n) is 6.28. The lowest BCUT2D eigenvalue weighted by Gasteiger charge is -2.40. The Labute approximate surface area is 187 Å². The monoisotopic (exact) mass is 451 g/mol. The molecule has 8 heteroatoms. The van der Waals surface area contributed by atoms with Crippen molar-refractivity contribution in [1.82, 2.24) is 14.5 Å². The van der Waals surface area contributed by atoms with Crippen LogP contribution in [0.3, 0.4) is 0 Å². The van der Waals surface area contributed by atoms with Crippen LogP contribution in [0.4, 0.5) is 0 Å². The summed E-state index contributed by atoms with van der Waals surface area (Å²) in [5, 5.41) is 0. The van der Waals surface area contributed by atoms with Gasteiger partial charge in [0, 0.05) is 32.2 Å². The van der Waals surface area contributed by atoms with E-state index in [2.05, 4.69) is 21.8 Å². The van der Waals surface area contributed by atoms with Crippen molar-refractivity contribution in [2.75, 3.05) is 26.2 Å². The first-order valence-corrected chi connectivity index (χ1v) is 12.2. The lowest BCUT2D eigenvalue weighted by atomic mass is 10.0. The predicted molar refractivity (Wildman–Crippen MR) is 120 cm³/mol. The molecule has 7 nitrogen and oxygen atoms in total. The summed E-state index contributed by atoms with van der Waals surface area (Å²) in [4.78, 5) is 17.0. The molecule has 2 aromatic carbocycles. The summed E-state index contributed by atoms with van der Waals surface area (Å²) in [7, 11) is -3.64. The van der Waals surface area contributed by atoms with Crippen LogP contribution in [-0.4, -0.2) is 56.3 Å². The first-order valence-electron chi connectivity index (χ1n) is 10.7. The Morgan fingerprint density at radius 3 is 2.34 bits per heavy atom. The van der Waals surface area contributed by atoms with Gasteiger partial charge in [-0.25, -0.2) is 13.1 Å². The number of hydrogen-bond acceptors (Lipinski definition) is 5. The molecule has 1 fully saturated rings. The minimum atomic E-state index is -3.64. The van der Waals surface area contributed by atoms with Gasteiger partial charge in [-0.1, -0.05) is 42.5 Å². The lowest BCUT2D eigenvalue weighted by molar-refractivity contribution is 0.0518. The van der Waals surface area contributed by atoms with E-state index in [1.165, 1.54) is 6.26 Å². The molecule has 2 unspecified atom stereocenters. The molecule has 0 saturated carbocycles. The van der Waals surface area contributed by atoms with E-state index < -0.39 is 10.0 Å². The molecule has 1 aliphatic heterocycles. The van der Waals surface area contributed by atoms with E-state index in [1.54, 1.807) is 47.4 Å². The highest BCUT2D eigenvalue weighted by molar-refractivity contribution is 7.89. The molecule has 3 aromatic rings. The van der Waals surface area contributed by atoms with E-state index in [1.807, 2.05) is 12.1 Å². The minimum Gasteiger partial charge on any atom is -0.459 e. The van der Waals surface area contributed by atoms with E-state index >= 15 is 0 Å². The average Bonchev–Trinajstić information content (AvgIpc) is 3.47. The second-order valence-corrected chi connectivity index (χ2v) is 9.91. The molecule has 2 atom stereocenters. The Hall–Kier alpha value is -2.94. The summed E-state index contributed by atoms with van der Waals surface area (Å²) < 4.78 is 34.3. The molecular formula is C24H25N3O4S. The van der Waals surface area contributed by atoms with Gasteiger partial charge in [0.05, 0.1) is 17.2 Å². The van der Waals surface area contributed by atoms with Crippen LogP contribution in [0.15, 0.2) is 82.3 Å². The van der Waals surface area contributed by atoms with Crippen LogP contribution in [0, 0.1) is 0 Å². The quantitative estimate of drug-likeness (QED) is 0.645. The maximum absolute atomic E-state index is 13.0. The van der Waals surface area contributed by atoms with E-state index in [0.717, 1.165) is 11.1 Å². The molecule has 2 heterocycles. The highest BCUT2D eigenvalue weighted by Crippen LogP contribution is 2.37. The van der Waals surface area contributed by atoms with Gasteiger partial charge >= 0.3 is 0 Å². The topological polar surface area (TPSA) is 82.9 Å². The normalized spacial score (nSPS) is 21.4. The Morgan fingerprint density at radius 1 is 0.906 bits per heavy atom. The van der Waals surface area contributed by atoms with Crippen LogP contribution in [0.5, 0.6) is 0 Å². The van der Waals surface area contributed by atoms with Gasteiger partial charge in [0.1, 0.15) is 0 Å². The Kier molecular flexibility index (Phi) is 5.58. The SMILES string of the molecule is O=C(c1ccco1)N1CCN(C2c3ccccc3CC2NS(=O)(=O)c2ccccc2)CC1. The van der Waals surface area contributed by atoms with E-state index in [4.69, 9.17) is 4.42 Å². The van der Waals surface area contributed by atoms with Gasteiger partial charge in [-0.3, -0.25) is 9.69 Å². The zero-order valence-electron chi connectivity index (χ0n) is 17.6. The zero-order valence-corrected chi connectivity index (χ0v) is 18.4. The standard InChI is InChI=1S/C24H25N3O4S/c28-24(22-11-6-16-31-22)27-14-12-26(13-15-27)23-20-10-5-4-7-18(20)17-21(23)25-32(29,30)19-8-2-1-3-9-19/h1-11,16,21,23,25H,12-15,17H2. The van der Waals surface area contributed by atoms with E-state index in [-0.39, 0.29) is 22.9 Å². The molecule has 32 heavy (non-hydrogen) atoms. The van der Waals surface area contributed by atoms with Crippen molar-refractivity contribution in [3.63, 3.8) is 0 Å². The second kappa shape index (κ2) is 8.54. The first-order chi connectivity index (χ1) is 15.5. The van der Waals surface area contributed by atoms with Gasteiger partial charge < -0.3 is 9.32 Å². The number of piperazine rings is 1. The predicted octanol–water partition coefficient (Wildman–Crippen LogP) is 2.68. The molecule has 1 saturated heterocycles. The van der Waals surface area contributed by atoms with Gasteiger partial charge in [-0.15, -0.1) is 0 Å². The van der Waals surface area contributed by atoms with Gasteiger partial charge in [-0.05, 0) is 41.8 Å². The fourth-order valence-electron chi connectivity index (χ4n) is 4.76. The Balaban J connectivity index is 1.35. The molecule has 5 rings (SSSR count). The van der Waals surface area contributed by atoms with Crippen molar-refractivity contribution >= 4 is 15.9 Å². The number of sulfonamides is 1. The fraction of sp³-hybridized carbons (Fsp3) is 0.292. The first kappa shape index (κ1) is 20.9. The van der Waals surface area contributed by atoms with Crippen molar-refractivity contribution in [3.05, 3.63) is 89.9 Å². The van der Waals surface area contributed by atoms with Crippen molar-refractivity contribution in [3.8, 4) is 0 Å². The number of carbonyl (C=O) groups is 1. The van der Waals surface area contributed by atoms with Crippen LogP contribution < -0.4 is 4.72 Å². The number of benzene rings is 2. The maximum atomic E-state index is 13.0. The molecule has 0 radical (unpaired) electrons. The zero-order chi connectivity index (χ0) is 22.1. The third kappa shape index (κ3) is 3.97. The summed E-state index contributed by atoms with van der Waals surface area (Å²) >= 11 is 0. The van der Waals surface area contributed by atoms with E-state index in [0.29, 0.717) is 38.4 Å². The molecule has 1 aliphatic carbocycles. The van der Waals surface area contributed by atoms with Crippen LogP contribution in [0.2, 0.25) is 0 Å². The van der Waals surface area contributed by atoms with Crippen LogP contribution in [0.1, 0.15) is 27.7 Å². The number of amides is 1. The number of carbonyl (C=O) groups excluding carboxylic acids is 1. The van der Waals surface area contributed by atoms with Gasteiger partial charge in [-0.2, -0.15) is 0 Å². The molecule has 166 valence electrons. The summed E-state index contributed by atoms with van der Waals surface area (Å²) in [6.45, 7) is 2.46. The number of nitrogens with zero attached hydrogens (tertiary/aromatic N) is 2. The lowest BCUT2D eigenvalue weighted by Crippen LogP contribution is -2.53. The Morgan fingerprint density at radius 2 is 1.62 bits per heavy atom. The van der Waals surface area contributed by atoms with Crippen molar-refractivity contribution in [2.45, 2.75) is 23.4 Å². The van der Waals surface area contributed by atoms with Crippen molar-refractivity contribution < 1.29 is 17.6 Å². The summed E-state index contributed by atoms with van der Waals surface area (Å²) in [6.07, 6.45) is 2.14. The van der Waals surface area contributed by atoms with E-state index in [9.17, 15) is 13.2 Å². The van der Waals surface area contributed by atoms with Crippen LogP contribution in [-0.2, 0) is 16.4 Å². The third-order valence-corrected chi connectivity index (χ3v) is 7.79. The van der Waals surface area contributed by atoms with Crippen LogP contribution in [0.25, 0.3) is 0 Å². The molecule has 0 bridgehead atoms. The maximum Gasteiger partial charge on any atom is 0.289 e. The highest BCUT2D eigenvalue weighted by atomic mass is 32.2. The largest absolute Gasteiger partial charge is 0.459 e. The van der Waals surface area contributed by atoms with Crippen molar-refractivity contribution in [1.29, 1.82) is 0 Å². The second-order valence-electron chi connectivity index (χ2n) is 8.19. The summed E-state index contributed by atoms with van der Waals surface area (Å²) in [5.41, 5.74) is 2.31. The number of fused-ring (bicyclic) bond motifs is 1. The summed E-state index contributed by atoms with van der Waals surface area (Å²) in [5.74, 6) is 0.237. The number of hydrogen-bond donors (Lipinski definition) is 1. The average molecular weight is 452 g/mol.